The summed E-state index contributed by atoms with van der Waals surface area (Å²) in [4.78, 5) is 15.4. The number of nitrogens with zero attached hydrogens (tertiary/aromatic N) is 1. The van der Waals surface area contributed by atoms with Gasteiger partial charge in [0, 0.05) is 18.7 Å². The number of nitrogens with one attached hydrogen (secondary N) is 1. The molecule has 0 radical (unpaired) electrons. The summed E-state index contributed by atoms with van der Waals surface area (Å²) in [5.74, 6) is 0.110. The van der Waals surface area contributed by atoms with Crippen LogP contribution in [0.4, 0.5) is 0 Å². The molecule has 2 heterocycles. The summed E-state index contributed by atoms with van der Waals surface area (Å²) < 4.78 is 5.82. The summed E-state index contributed by atoms with van der Waals surface area (Å²) in [6.07, 6.45) is 13.5. The summed E-state index contributed by atoms with van der Waals surface area (Å²) in [5.41, 5.74) is -0.393. The van der Waals surface area contributed by atoms with E-state index in [-0.39, 0.29) is 11.4 Å². The van der Waals surface area contributed by atoms with Crippen molar-refractivity contribution in [3.8, 4) is 0 Å². The van der Waals surface area contributed by atoms with Crippen LogP contribution < -0.4 is 5.32 Å². The highest BCUT2D eigenvalue weighted by Crippen LogP contribution is 2.35. The smallest absolute Gasteiger partial charge is 0.252 e. The SMILES string of the molecule is C[C@]1(C(=O)NCC2(N3CCCCC3)CCCCC2)CCCCO1. The molecule has 2 saturated heterocycles. The van der Waals surface area contributed by atoms with E-state index in [1.54, 1.807) is 0 Å². The monoisotopic (exact) mass is 322 g/mol. The highest BCUT2D eigenvalue weighted by atomic mass is 16.5. The molecule has 1 saturated carbocycles. The van der Waals surface area contributed by atoms with Crippen molar-refractivity contribution in [2.24, 2.45) is 0 Å². The van der Waals surface area contributed by atoms with E-state index in [2.05, 4.69) is 10.2 Å². The number of rotatable bonds is 4. The van der Waals surface area contributed by atoms with Gasteiger partial charge in [0.25, 0.3) is 5.91 Å². The van der Waals surface area contributed by atoms with Gasteiger partial charge in [-0.1, -0.05) is 25.7 Å². The topological polar surface area (TPSA) is 41.6 Å². The Morgan fingerprint density at radius 3 is 2.26 bits per heavy atom. The normalized spacial score (nSPS) is 32.4. The van der Waals surface area contributed by atoms with Crippen LogP contribution >= 0.6 is 0 Å². The number of likely N-dealkylation sites (tertiary alicyclic amines) is 1. The molecule has 132 valence electrons. The molecule has 2 aliphatic heterocycles. The molecule has 0 aromatic rings. The first kappa shape index (κ1) is 17.2. The molecular formula is C19H34N2O2. The number of hydrogen-bond acceptors (Lipinski definition) is 3. The first-order valence-electron chi connectivity index (χ1n) is 9.82. The maximum Gasteiger partial charge on any atom is 0.252 e. The zero-order chi connectivity index (χ0) is 16.2. The minimum absolute atomic E-state index is 0.110. The lowest BCUT2D eigenvalue weighted by molar-refractivity contribution is -0.151. The van der Waals surface area contributed by atoms with Crippen LogP contribution in [-0.2, 0) is 9.53 Å². The summed E-state index contributed by atoms with van der Waals surface area (Å²) in [6, 6.07) is 0. The maximum atomic E-state index is 12.7. The Bertz CT molecular complexity index is 392. The lowest BCUT2D eigenvalue weighted by Crippen LogP contribution is -2.60. The van der Waals surface area contributed by atoms with Crippen LogP contribution in [0.15, 0.2) is 0 Å². The van der Waals surface area contributed by atoms with Gasteiger partial charge in [0.1, 0.15) is 5.60 Å². The van der Waals surface area contributed by atoms with E-state index in [9.17, 15) is 4.79 Å². The Kier molecular flexibility index (Phi) is 5.63. The molecule has 0 bridgehead atoms. The molecule has 0 aromatic carbocycles. The molecule has 4 heteroatoms. The van der Waals surface area contributed by atoms with E-state index < -0.39 is 5.60 Å². The van der Waals surface area contributed by atoms with Crippen molar-refractivity contribution in [1.29, 1.82) is 0 Å². The third-order valence-corrected chi connectivity index (χ3v) is 6.34. The molecule has 3 aliphatic rings. The fraction of sp³-hybridized carbons (Fsp3) is 0.947. The molecule has 3 rings (SSSR count). The van der Waals surface area contributed by atoms with Crippen molar-refractivity contribution in [2.45, 2.75) is 88.7 Å². The van der Waals surface area contributed by atoms with Crippen molar-refractivity contribution in [2.75, 3.05) is 26.2 Å². The molecule has 1 aliphatic carbocycles. The van der Waals surface area contributed by atoms with Gasteiger partial charge in [-0.3, -0.25) is 9.69 Å². The molecule has 0 spiro atoms. The predicted octanol–water partition coefficient (Wildman–Crippen LogP) is 3.25. The summed E-state index contributed by atoms with van der Waals surface area (Å²) in [7, 11) is 0. The van der Waals surface area contributed by atoms with E-state index in [4.69, 9.17) is 4.74 Å². The lowest BCUT2D eigenvalue weighted by Gasteiger charge is -2.48. The Morgan fingerprint density at radius 1 is 0.957 bits per heavy atom. The van der Waals surface area contributed by atoms with E-state index in [0.29, 0.717) is 0 Å². The van der Waals surface area contributed by atoms with Gasteiger partial charge in [-0.25, -0.2) is 0 Å². The number of carbonyl (C=O) groups is 1. The van der Waals surface area contributed by atoms with Crippen molar-refractivity contribution >= 4 is 5.91 Å². The van der Waals surface area contributed by atoms with Crippen LogP contribution in [0.5, 0.6) is 0 Å². The second-order valence-corrected chi connectivity index (χ2v) is 8.05. The summed E-state index contributed by atoms with van der Waals surface area (Å²) in [6.45, 7) is 5.93. The standard InChI is InChI=1S/C19H34N2O2/c1-18(10-6-9-15-23-18)17(22)20-16-19(11-4-2-5-12-19)21-13-7-3-8-14-21/h2-16H2,1H3,(H,20,22)/t18-/m1/s1. The Labute approximate surface area is 141 Å². The first-order chi connectivity index (χ1) is 11.1. The fourth-order valence-electron chi connectivity index (χ4n) is 4.73. The third-order valence-electron chi connectivity index (χ3n) is 6.34. The van der Waals surface area contributed by atoms with Gasteiger partial charge in [0.05, 0.1) is 0 Å². The number of carbonyl (C=O) groups excluding carboxylic acids is 1. The fourth-order valence-corrected chi connectivity index (χ4v) is 4.73. The molecule has 0 aromatic heterocycles. The van der Waals surface area contributed by atoms with Gasteiger partial charge >= 0.3 is 0 Å². The molecule has 1 atom stereocenters. The molecule has 1 N–H and O–H groups in total. The Hall–Kier alpha value is -0.610. The van der Waals surface area contributed by atoms with Crippen LogP contribution in [-0.4, -0.2) is 48.2 Å². The predicted molar refractivity (Wildman–Crippen MR) is 92.5 cm³/mol. The van der Waals surface area contributed by atoms with Gasteiger partial charge < -0.3 is 10.1 Å². The maximum absolute atomic E-state index is 12.7. The largest absolute Gasteiger partial charge is 0.365 e. The molecule has 23 heavy (non-hydrogen) atoms. The number of piperidine rings is 1. The lowest BCUT2D eigenvalue weighted by atomic mass is 9.79. The Morgan fingerprint density at radius 2 is 1.61 bits per heavy atom. The van der Waals surface area contributed by atoms with Crippen LogP contribution in [0.1, 0.15) is 77.6 Å². The minimum Gasteiger partial charge on any atom is -0.365 e. The van der Waals surface area contributed by atoms with Crippen molar-refractivity contribution in [1.82, 2.24) is 10.2 Å². The number of hydrogen-bond donors (Lipinski definition) is 1. The van der Waals surface area contributed by atoms with E-state index in [1.165, 1.54) is 64.5 Å². The first-order valence-corrected chi connectivity index (χ1v) is 9.82. The molecule has 4 nitrogen and oxygen atoms in total. The van der Waals surface area contributed by atoms with Gasteiger partial charge in [0.2, 0.25) is 0 Å². The third kappa shape index (κ3) is 3.90. The second-order valence-electron chi connectivity index (χ2n) is 8.05. The van der Waals surface area contributed by atoms with Crippen LogP contribution in [0, 0.1) is 0 Å². The van der Waals surface area contributed by atoms with Crippen LogP contribution in [0.3, 0.4) is 0 Å². The summed E-state index contributed by atoms with van der Waals surface area (Å²) in [5, 5.41) is 3.30. The quantitative estimate of drug-likeness (QED) is 0.864. The van der Waals surface area contributed by atoms with Gasteiger partial charge in [-0.15, -0.1) is 0 Å². The van der Waals surface area contributed by atoms with E-state index in [1.807, 2.05) is 6.92 Å². The molecule has 1 amide bonds. The van der Waals surface area contributed by atoms with Crippen LogP contribution in [0.2, 0.25) is 0 Å². The zero-order valence-electron chi connectivity index (χ0n) is 14.9. The van der Waals surface area contributed by atoms with Crippen LogP contribution in [0.25, 0.3) is 0 Å². The minimum atomic E-state index is -0.601. The average molecular weight is 322 g/mol. The molecule has 3 fully saturated rings. The molecule has 0 unspecified atom stereocenters. The van der Waals surface area contributed by atoms with Crippen molar-refractivity contribution in [3.63, 3.8) is 0 Å². The highest BCUT2D eigenvalue weighted by molar-refractivity contribution is 5.84. The van der Waals surface area contributed by atoms with Gasteiger partial charge in [0.15, 0.2) is 0 Å². The van der Waals surface area contributed by atoms with Gasteiger partial charge in [-0.05, 0) is 65.0 Å². The highest BCUT2D eigenvalue weighted by Gasteiger charge is 2.41. The second kappa shape index (κ2) is 7.52. The van der Waals surface area contributed by atoms with E-state index in [0.717, 1.165) is 32.4 Å². The van der Waals surface area contributed by atoms with Crippen molar-refractivity contribution in [3.05, 3.63) is 0 Å². The number of amides is 1. The Balaban J connectivity index is 1.63. The molecular weight excluding hydrogens is 288 g/mol. The van der Waals surface area contributed by atoms with E-state index >= 15 is 0 Å². The number of ether oxygens (including phenoxy) is 1. The van der Waals surface area contributed by atoms with Gasteiger partial charge in [-0.2, -0.15) is 0 Å². The zero-order valence-corrected chi connectivity index (χ0v) is 14.9. The summed E-state index contributed by atoms with van der Waals surface area (Å²) >= 11 is 0. The van der Waals surface area contributed by atoms with Crippen molar-refractivity contribution < 1.29 is 9.53 Å². The average Bonchev–Trinajstić information content (AvgIpc) is 2.62.